The number of methoxy groups -OCH3 is 1. The normalized spacial score (nSPS) is 10.2. The van der Waals surface area contributed by atoms with Crippen LogP contribution in [0.5, 0.6) is 5.75 Å². The van der Waals surface area contributed by atoms with Crippen LogP contribution in [0.15, 0.2) is 36.5 Å². The zero-order chi connectivity index (χ0) is 14.9. The summed E-state index contributed by atoms with van der Waals surface area (Å²) < 4.78 is 5.32. The Bertz CT molecular complexity index is 559. The molecule has 21 heavy (non-hydrogen) atoms. The number of nitrogens with one attached hydrogen (secondary N) is 2. The second-order valence-corrected chi connectivity index (χ2v) is 4.72. The molecule has 5 nitrogen and oxygen atoms in total. The van der Waals surface area contributed by atoms with Gasteiger partial charge in [-0.2, -0.15) is 4.98 Å². The molecular formula is C16H22N4O. The van der Waals surface area contributed by atoms with Gasteiger partial charge in [0.15, 0.2) is 0 Å². The fourth-order valence-electron chi connectivity index (χ4n) is 1.97. The van der Waals surface area contributed by atoms with Crippen LogP contribution in [0, 0.1) is 0 Å². The third kappa shape index (κ3) is 4.63. The molecule has 2 N–H and O–H groups in total. The third-order valence-corrected chi connectivity index (χ3v) is 3.09. The van der Waals surface area contributed by atoms with Gasteiger partial charge in [0.2, 0.25) is 5.95 Å². The van der Waals surface area contributed by atoms with Gasteiger partial charge in [0.05, 0.1) is 12.8 Å². The number of rotatable bonds is 8. The van der Waals surface area contributed by atoms with Crippen molar-refractivity contribution in [2.75, 3.05) is 24.3 Å². The standard InChI is InChI=1S/C16H22N4O/c1-3-4-7-11-17-16-18-12-10-15(20-16)19-13-8-5-6-9-14(13)21-2/h5-6,8-10,12H,3-4,7,11H2,1-2H3,(H2,17,18,19,20). The topological polar surface area (TPSA) is 59.1 Å². The summed E-state index contributed by atoms with van der Waals surface area (Å²) in [6.07, 6.45) is 5.29. The van der Waals surface area contributed by atoms with Crippen LogP contribution in [-0.4, -0.2) is 23.6 Å². The molecule has 0 aliphatic heterocycles. The number of ether oxygens (including phenoxy) is 1. The van der Waals surface area contributed by atoms with Gasteiger partial charge in [-0.1, -0.05) is 31.9 Å². The minimum absolute atomic E-state index is 0.644. The van der Waals surface area contributed by atoms with Crippen molar-refractivity contribution in [1.29, 1.82) is 0 Å². The van der Waals surface area contributed by atoms with Gasteiger partial charge < -0.3 is 15.4 Å². The van der Waals surface area contributed by atoms with Crippen LogP contribution in [0.1, 0.15) is 26.2 Å². The maximum absolute atomic E-state index is 5.32. The zero-order valence-electron chi connectivity index (χ0n) is 12.6. The number of hydrogen-bond acceptors (Lipinski definition) is 5. The lowest BCUT2D eigenvalue weighted by Gasteiger charge is -2.11. The highest BCUT2D eigenvalue weighted by atomic mass is 16.5. The Labute approximate surface area is 125 Å². The number of anilines is 3. The molecule has 0 radical (unpaired) electrons. The molecule has 0 aliphatic rings. The Morgan fingerprint density at radius 3 is 2.81 bits per heavy atom. The van der Waals surface area contributed by atoms with E-state index in [1.54, 1.807) is 13.3 Å². The van der Waals surface area contributed by atoms with Crippen LogP contribution in [0.3, 0.4) is 0 Å². The van der Waals surface area contributed by atoms with Gasteiger partial charge in [0.25, 0.3) is 0 Å². The number of para-hydroxylation sites is 2. The highest BCUT2D eigenvalue weighted by Crippen LogP contribution is 2.26. The molecule has 1 heterocycles. The third-order valence-electron chi connectivity index (χ3n) is 3.09. The molecule has 0 saturated carbocycles. The summed E-state index contributed by atoms with van der Waals surface area (Å²) in [5, 5.41) is 6.49. The highest BCUT2D eigenvalue weighted by molar-refractivity contribution is 5.64. The molecule has 112 valence electrons. The lowest BCUT2D eigenvalue weighted by Crippen LogP contribution is -2.06. The second kappa shape index (κ2) is 8.09. The zero-order valence-corrected chi connectivity index (χ0v) is 12.6. The van der Waals surface area contributed by atoms with Crippen LogP contribution in [-0.2, 0) is 0 Å². The lowest BCUT2D eigenvalue weighted by molar-refractivity contribution is 0.417. The van der Waals surface area contributed by atoms with E-state index in [1.165, 1.54) is 12.8 Å². The molecule has 2 aromatic rings. The molecule has 0 saturated heterocycles. The SMILES string of the molecule is CCCCCNc1nccc(Nc2ccccc2OC)n1. The monoisotopic (exact) mass is 286 g/mol. The predicted molar refractivity (Wildman–Crippen MR) is 86.3 cm³/mol. The molecule has 0 atom stereocenters. The molecule has 0 amide bonds. The molecule has 0 bridgehead atoms. The first-order chi connectivity index (χ1) is 10.3. The quantitative estimate of drug-likeness (QED) is 0.722. The van der Waals surface area contributed by atoms with Crippen LogP contribution < -0.4 is 15.4 Å². The van der Waals surface area contributed by atoms with Crippen molar-refractivity contribution in [2.24, 2.45) is 0 Å². The smallest absolute Gasteiger partial charge is 0.224 e. The van der Waals surface area contributed by atoms with Crippen LogP contribution in [0.2, 0.25) is 0 Å². The Hall–Kier alpha value is -2.30. The Kier molecular flexibility index (Phi) is 5.82. The minimum atomic E-state index is 0.644. The Morgan fingerprint density at radius 2 is 2.00 bits per heavy atom. The van der Waals surface area contributed by atoms with Crippen molar-refractivity contribution in [3.63, 3.8) is 0 Å². The van der Waals surface area contributed by atoms with E-state index in [4.69, 9.17) is 4.74 Å². The van der Waals surface area contributed by atoms with Crippen molar-refractivity contribution >= 4 is 17.5 Å². The number of benzene rings is 1. The fraction of sp³-hybridized carbons (Fsp3) is 0.375. The number of hydrogen-bond donors (Lipinski definition) is 2. The van der Waals surface area contributed by atoms with Crippen molar-refractivity contribution in [3.05, 3.63) is 36.5 Å². The van der Waals surface area contributed by atoms with Gasteiger partial charge in [-0.05, 0) is 24.6 Å². The van der Waals surface area contributed by atoms with E-state index >= 15 is 0 Å². The molecule has 1 aromatic carbocycles. The minimum Gasteiger partial charge on any atom is -0.495 e. The first kappa shape index (κ1) is 15.1. The van der Waals surface area contributed by atoms with Crippen molar-refractivity contribution < 1.29 is 4.74 Å². The van der Waals surface area contributed by atoms with E-state index in [-0.39, 0.29) is 0 Å². The van der Waals surface area contributed by atoms with Crippen molar-refractivity contribution in [2.45, 2.75) is 26.2 Å². The Morgan fingerprint density at radius 1 is 1.14 bits per heavy atom. The Balaban J connectivity index is 2.00. The molecule has 0 unspecified atom stereocenters. The average molecular weight is 286 g/mol. The van der Waals surface area contributed by atoms with Gasteiger partial charge in [-0.15, -0.1) is 0 Å². The molecule has 5 heteroatoms. The van der Waals surface area contributed by atoms with Gasteiger partial charge in [-0.3, -0.25) is 0 Å². The first-order valence-electron chi connectivity index (χ1n) is 7.30. The van der Waals surface area contributed by atoms with E-state index < -0.39 is 0 Å². The van der Waals surface area contributed by atoms with Crippen molar-refractivity contribution in [1.82, 2.24) is 9.97 Å². The molecular weight excluding hydrogens is 264 g/mol. The fourth-order valence-corrected chi connectivity index (χ4v) is 1.97. The van der Waals surface area contributed by atoms with E-state index in [0.717, 1.165) is 30.2 Å². The summed E-state index contributed by atoms with van der Waals surface area (Å²) in [5.74, 6) is 2.17. The van der Waals surface area contributed by atoms with Crippen LogP contribution in [0.4, 0.5) is 17.5 Å². The lowest BCUT2D eigenvalue weighted by atomic mass is 10.2. The van der Waals surface area contributed by atoms with E-state index in [1.807, 2.05) is 30.3 Å². The van der Waals surface area contributed by atoms with E-state index in [2.05, 4.69) is 27.5 Å². The number of nitrogens with zero attached hydrogens (tertiary/aromatic N) is 2. The highest BCUT2D eigenvalue weighted by Gasteiger charge is 2.04. The number of aromatic nitrogens is 2. The van der Waals surface area contributed by atoms with Gasteiger partial charge in [0.1, 0.15) is 11.6 Å². The summed E-state index contributed by atoms with van der Waals surface area (Å²) in [4.78, 5) is 8.68. The molecule has 2 rings (SSSR count). The van der Waals surface area contributed by atoms with Gasteiger partial charge in [0, 0.05) is 12.7 Å². The number of unbranched alkanes of at least 4 members (excludes halogenated alkanes) is 2. The summed E-state index contributed by atoms with van der Waals surface area (Å²) in [7, 11) is 1.65. The van der Waals surface area contributed by atoms with E-state index in [0.29, 0.717) is 5.95 Å². The summed E-state index contributed by atoms with van der Waals surface area (Å²) in [6.45, 7) is 3.08. The van der Waals surface area contributed by atoms with Gasteiger partial charge in [-0.25, -0.2) is 4.98 Å². The van der Waals surface area contributed by atoms with Crippen LogP contribution >= 0.6 is 0 Å². The molecule has 0 spiro atoms. The summed E-state index contributed by atoms with van der Waals surface area (Å²) in [6, 6.07) is 9.59. The largest absolute Gasteiger partial charge is 0.495 e. The second-order valence-electron chi connectivity index (χ2n) is 4.72. The average Bonchev–Trinajstić information content (AvgIpc) is 2.52. The van der Waals surface area contributed by atoms with E-state index in [9.17, 15) is 0 Å². The first-order valence-corrected chi connectivity index (χ1v) is 7.30. The van der Waals surface area contributed by atoms with Gasteiger partial charge >= 0.3 is 0 Å². The summed E-state index contributed by atoms with van der Waals surface area (Å²) in [5.41, 5.74) is 0.885. The maximum Gasteiger partial charge on any atom is 0.224 e. The molecule has 1 aromatic heterocycles. The molecule has 0 aliphatic carbocycles. The molecule has 0 fully saturated rings. The summed E-state index contributed by atoms with van der Waals surface area (Å²) >= 11 is 0. The predicted octanol–water partition coefficient (Wildman–Crippen LogP) is 3.83. The van der Waals surface area contributed by atoms with Crippen LogP contribution in [0.25, 0.3) is 0 Å². The van der Waals surface area contributed by atoms with Crippen molar-refractivity contribution in [3.8, 4) is 5.75 Å². The maximum atomic E-state index is 5.32.